The summed E-state index contributed by atoms with van der Waals surface area (Å²) >= 11 is 0. The van der Waals surface area contributed by atoms with Crippen molar-refractivity contribution >= 4 is 0 Å². The van der Waals surface area contributed by atoms with Gasteiger partial charge in [-0.15, -0.1) is 0 Å². The number of rotatable bonds is 6. The van der Waals surface area contributed by atoms with Crippen LogP contribution in [-0.2, 0) is 12.8 Å². The highest BCUT2D eigenvalue weighted by Gasteiger charge is 2.46. The largest absolute Gasteiger partial charge is 0.313 e. The zero-order valence-corrected chi connectivity index (χ0v) is 15.7. The fourth-order valence-electron chi connectivity index (χ4n) is 4.75. The summed E-state index contributed by atoms with van der Waals surface area (Å²) < 4.78 is 0. The first-order valence-corrected chi connectivity index (χ1v) is 10.4. The standard InChI is InChI=1S/C24H30N2/c1-2-8-21(9-3-1)22-16-23(22)25-17-24(12-13-24)18-26-14-10-19-6-4-5-7-20(19)11-15-26/h1-9,22-23,25H,10-18H2/t22?,23-/m0/s1. The van der Waals surface area contributed by atoms with Gasteiger partial charge in [-0.2, -0.15) is 0 Å². The van der Waals surface area contributed by atoms with Crippen molar-refractivity contribution in [2.24, 2.45) is 5.41 Å². The summed E-state index contributed by atoms with van der Waals surface area (Å²) in [5.41, 5.74) is 5.21. The van der Waals surface area contributed by atoms with Gasteiger partial charge in [-0.25, -0.2) is 0 Å². The molecule has 0 bridgehead atoms. The van der Waals surface area contributed by atoms with Crippen LogP contribution in [0.3, 0.4) is 0 Å². The van der Waals surface area contributed by atoms with Gasteiger partial charge in [0.2, 0.25) is 0 Å². The van der Waals surface area contributed by atoms with Crippen molar-refractivity contribution < 1.29 is 0 Å². The van der Waals surface area contributed by atoms with Gasteiger partial charge < -0.3 is 10.2 Å². The Bertz CT molecular complexity index is 723. The highest BCUT2D eigenvalue weighted by Crippen LogP contribution is 2.48. The first kappa shape index (κ1) is 16.5. The van der Waals surface area contributed by atoms with Crippen LogP contribution in [0, 0.1) is 5.41 Å². The molecule has 2 aromatic rings. The van der Waals surface area contributed by atoms with E-state index >= 15 is 0 Å². The van der Waals surface area contributed by atoms with Crippen LogP contribution in [0.25, 0.3) is 0 Å². The number of nitrogens with one attached hydrogen (secondary N) is 1. The maximum Gasteiger partial charge on any atom is 0.0143 e. The van der Waals surface area contributed by atoms with Crippen molar-refractivity contribution in [1.82, 2.24) is 10.2 Å². The van der Waals surface area contributed by atoms with Gasteiger partial charge in [-0.1, -0.05) is 54.6 Å². The minimum absolute atomic E-state index is 0.556. The van der Waals surface area contributed by atoms with E-state index in [1.807, 2.05) is 0 Å². The third-order valence-electron chi connectivity index (χ3n) is 6.79. The SMILES string of the molecule is c1ccc(C2C[C@@H]2NCC2(CN3CCc4ccccc4CC3)CC2)cc1. The lowest BCUT2D eigenvalue weighted by atomic mass is 10.0. The molecule has 2 heteroatoms. The average molecular weight is 347 g/mol. The summed E-state index contributed by atoms with van der Waals surface area (Å²) in [6.45, 7) is 4.96. The van der Waals surface area contributed by atoms with Crippen molar-refractivity contribution in [3.05, 3.63) is 71.3 Å². The van der Waals surface area contributed by atoms with Crippen LogP contribution in [-0.4, -0.2) is 37.1 Å². The number of hydrogen-bond donors (Lipinski definition) is 1. The molecule has 2 aliphatic carbocycles. The minimum atomic E-state index is 0.556. The molecule has 0 aromatic heterocycles. The highest BCUT2D eigenvalue weighted by atomic mass is 15.1. The van der Waals surface area contributed by atoms with E-state index in [0.717, 1.165) is 5.92 Å². The summed E-state index contributed by atoms with van der Waals surface area (Å²) in [6.07, 6.45) is 6.58. The Morgan fingerprint density at radius 1 is 0.885 bits per heavy atom. The lowest BCUT2D eigenvalue weighted by Crippen LogP contribution is -2.38. The predicted octanol–water partition coefficient (Wildman–Crippen LogP) is 4.01. The van der Waals surface area contributed by atoms with Crippen LogP contribution in [0.1, 0.15) is 41.9 Å². The molecule has 0 amide bonds. The van der Waals surface area contributed by atoms with E-state index in [-0.39, 0.29) is 0 Å². The topological polar surface area (TPSA) is 15.3 Å². The Balaban J connectivity index is 1.12. The summed E-state index contributed by atoms with van der Waals surface area (Å²) in [6, 6.07) is 20.8. The first-order chi connectivity index (χ1) is 12.8. The van der Waals surface area contributed by atoms with E-state index in [1.54, 1.807) is 11.1 Å². The number of fused-ring (bicyclic) bond motifs is 1. The molecule has 5 rings (SSSR count). The molecular weight excluding hydrogens is 316 g/mol. The Kier molecular flexibility index (Phi) is 4.34. The van der Waals surface area contributed by atoms with E-state index in [9.17, 15) is 0 Å². The van der Waals surface area contributed by atoms with Crippen molar-refractivity contribution in [3.8, 4) is 0 Å². The van der Waals surface area contributed by atoms with Crippen molar-refractivity contribution in [2.75, 3.05) is 26.2 Å². The van der Waals surface area contributed by atoms with Crippen LogP contribution in [0.15, 0.2) is 54.6 Å². The van der Waals surface area contributed by atoms with E-state index in [4.69, 9.17) is 0 Å². The van der Waals surface area contributed by atoms with Gasteiger partial charge in [0.15, 0.2) is 0 Å². The fourth-order valence-corrected chi connectivity index (χ4v) is 4.75. The van der Waals surface area contributed by atoms with Crippen LogP contribution >= 0.6 is 0 Å². The maximum absolute atomic E-state index is 3.90. The van der Waals surface area contributed by atoms with Gasteiger partial charge in [0.05, 0.1) is 0 Å². The molecule has 1 N–H and O–H groups in total. The predicted molar refractivity (Wildman–Crippen MR) is 108 cm³/mol. The molecule has 2 saturated carbocycles. The van der Waals surface area contributed by atoms with Gasteiger partial charge in [-0.3, -0.25) is 0 Å². The molecule has 1 heterocycles. The molecule has 0 saturated heterocycles. The van der Waals surface area contributed by atoms with Crippen LogP contribution in [0.5, 0.6) is 0 Å². The minimum Gasteiger partial charge on any atom is -0.313 e. The summed E-state index contributed by atoms with van der Waals surface area (Å²) in [5.74, 6) is 0.750. The van der Waals surface area contributed by atoms with E-state index in [1.165, 1.54) is 63.8 Å². The monoisotopic (exact) mass is 346 g/mol. The lowest BCUT2D eigenvalue weighted by molar-refractivity contribution is 0.224. The molecule has 1 unspecified atom stereocenters. The lowest BCUT2D eigenvalue weighted by Gasteiger charge is -2.26. The van der Waals surface area contributed by atoms with Crippen molar-refractivity contribution in [2.45, 2.75) is 44.1 Å². The zero-order chi connectivity index (χ0) is 17.4. The van der Waals surface area contributed by atoms with Gasteiger partial charge in [0.25, 0.3) is 0 Å². The van der Waals surface area contributed by atoms with Gasteiger partial charge in [-0.05, 0) is 54.2 Å². The smallest absolute Gasteiger partial charge is 0.0143 e. The quantitative estimate of drug-likeness (QED) is 0.850. The summed E-state index contributed by atoms with van der Waals surface area (Å²) in [5, 5.41) is 3.90. The number of nitrogens with zero attached hydrogens (tertiary/aromatic N) is 1. The molecule has 3 aliphatic rings. The van der Waals surface area contributed by atoms with E-state index in [0.29, 0.717) is 11.5 Å². The van der Waals surface area contributed by atoms with Crippen molar-refractivity contribution in [1.29, 1.82) is 0 Å². The van der Waals surface area contributed by atoms with Crippen LogP contribution < -0.4 is 5.32 Å². The Hall–Kier alpha value is -1.64. The molecule has 2 fully saturated rings. The summed E-state index contributed by atoms with van der Waals surface area (Å²) in [4.78, 5) is 2.73. The van der Waals surface area contributed by atoms with E-state index < -0.39 is 0 Å². The molecule has 0 radical (unpaired) electrons. The van der Waals surface area contributed by atoms with Crippen LogP contribution in [0.2, 0.25) is 0 Å². The first-order valence-electron chi connectivity index (χ1n) is 10.4. The Morgan fingerprint density at radius 2 is 1.54 bits per heavy atom. The van der Waals surface area contributed by atoms with Gasteiger partial charge in [0.1, 0.15) is 0 Å². The van der Waals surface area contributed by atoms with Crippen molar-refractivity contribution in [3.63, 3.8) is 0 Å². The van der Waals surface area contributed by atoms with Crippen LogP contribution in [0.4, 0.5) is 0 Å². The molecule has 1 aliphatic heterocycles. The normalized spacial score (nSPS) is 26.8. The molecule has 2 nitrogen and oxygen atoms in total. The average Bonchev–Trinajstić information content (AvgIpc) is 3.59. The summed E-state index contributed by atoms with van der Waals surface area (Å²) in [7, 11) is 0. The second-order valence-corrected chi connectivity index (χ2v) is 8.79. The second kappa shape index (κ2) is 6.83. The number of benzene rings is 2. The number of hydrogen-bond acceptors (Lipinski definition) is 2. The Morgan fingerprint density at radius 3 is 2.19 bits per heavy atom. The van der Waals surface area contributed by atoms with E-state index in [2.05, 4.69) is 64.8 Å². The molecule has 2 atom stereocenters. The maximum atomic E-state index is 3.90. The zero-order valence-electron chi connectivity index (χ0n) is 15.7. The molecule has 0 spiro atoms. The Labute approximate surface area is 157 Å². The molecule has 2 aromatic carbocycles. The highest BCUT2D eigenvalue weighted by molar-refractivity contribution is 5.29. The molecule has 26 heavy (non-hydrogen) atoms. The molecule has 136 valence electrons. The van der Waals surface area contributed by atoms with Gasteiger partial charge in [0, 0.05) is 38.1 Å². The third-order valence-corrected chi connectivity index (χ3v) is 6.79. The molecular formula is C24H30N2. The second-order valence-electron chi connectivity index (χ2n) is 8.79. The fraction of sp³-hybridized carbons (Fsp3) is 0.500. The third kappa shape index (κ3) is 3.58. The van der Waals surface area contributed by atoms with Gasteiger partial charge >= 0.3 is 0 Å².